The van der Waals surface area contributed by atoms with Crippen LogP contribution in [0, 0.1) is 12.5 Å². The molecule has 170 valence electrons. The molecule has 0 aliphatic carbocycles. The molecule has 31 heavy (non-hydrogen) atoms. The number of methoxy groups -OCH3 is 4. The van der Waals surface area contributed by atoms with Crippen LogP contribution in [0.1, 0.15) is 24.0 Å². The number of unbranched alkanes of at least 4 members (excludes halogenated alkanes) is 1. The smallest absolute Gasteiger partial charge is 0.203 e. The molecule has 2 rings (SSSR count). The lowest BCUT2D eigenvalue weighted by atomic mass is 9.91. The monoisotopic (exact) mass is 432 g/mol. The van der Waals surface area contributed by atoms with E-state index in [1.807, 2.05) is 25.1 Å². The van der Waals surface area contributed by atoms with Crippen molar-refractivity contribution in [1.82, 2.24) is 0 Å². The van der Waals surface area contributed by atoms with Gasteiger partial charge in [-0.15, -0.1) is 0 Å². The van der Waals surface area contributed by atoms with Gasteiger partial charge in [-0.2, -0.15) is 5.11 Å². The molecule has 0 atom stereocenters. The van der Waals surface area contributed by atoms with Crippen LogP contribution in [-0.4, -0.2) is 53.3 Å². The van der Waals surface area contributed by atoms with E-state index in [0.717, 1.165) is 35.1 Å². The van der Waals surface area contributed by atoms with Gasteiger partial charge in [-0.05, 0) is 49.9 Å². The minimum atomic E-state index is -0.0944. The average molecular weight is 433 g/mol. The number of benzene rings is 2. The second kappa shape index (κ2) is 12.0. The molecule has 0 heterocycles. The van der Waals surface area contributed by atoms with Crippen molar-refractivity contribution in [3.8, 4) is 39.9 Å². The molecule has 8 nitrogen and oxygen atoms in total. The van der Waals surface area contributed by atoms with Crippen LogP contribution in [0.4, 0.5) is 0 Å². The van der Waals surface area contributed by atoms with Gasteiger partial charge in [-0.25, -0.2) is 5.53 Å². The highest BCUT2D eigenvalue weighted by molar-refractivity contribution is 5.81. The summed E-state index contributed by atoms with van der Waals surface area (Å²) in [6.07, 6.45) is 2.32. The van der Waals surface area contributed by atoms with Crippen LogP contribution in [0.3, 0.4) is 0 Å². The normalized spacial score (nSPS) is 10.5. The molecular formula is C23H32N2O6. The van der Waals surface area contributed by atoms with Crippen molar-refractivity contribution in [3.63, 3.8) is 0 Å². The zero-order chi connectivity index (χ0) is 22.8. The van der Waals surface area contributed by atoms with Crippen molar-refractivity contribution in [3.05, 3.63) is 29.3 Å². The van der Waals surface area contributed by atoms with Gasteiger partial charge in [0.05, 0.1) is 41.6 Å². The van der Waals surface area contributed by atoms with Crippen LogP contribution < -0.4 is 23.7 Å². The fourth-order valence-corrected chi connectivity index (χ4v) is 3.64. The summed E-state index contributed by atoms with van der Waals surface area (Å²) in [4.78, 5) is 0. The number of aliphatic hydroxyl groups is 1. The first-order valence-electron chi connectivity index (χ1n) is 10.1. The third kappa shape index (κ3) is 5.38. The minimum Gasteiger partial charge on any atom is -0.496 e. The summed E-state index contributed by atoms with van der Waals surface area (Å²) >= 11 is 0. The molecule has 2 aromatic carbocycles. The molecule has 2 aromatic rings. The van der Waals surface area contributed by atoms with Gasteiger partial charge in [-0.3, -0.25) is 0 Å². The maximum atomic E-state index is 9.34. The first-order valence-corrected chi connectivity index (χ1v) is 10.1. The standard InChI is InChI=1S/C23H32N2O6/c1-15-20(28-3)14-18(16(8-6-7-11-25-24)21(15)31-13-12-26)17-9-10-19(27-2)23(30-5)22(17)29-4/h9-10,14,24,26H,6-8,11-13H2,1-5H3. The largest absolute Gasteiger partial charge is 0.496 e. The van der Waals surface area contributed by atoms with Gasteiger partial charge in [0, 0.05) is 16.7 Å². The Morgan fingerprint density at radius 2 is 1.58 bits per heavy atom. The van der Waals surface area contributed by atoms with Crippen LogP contribution in [0.15, 0.2) is 23.3 Å². The zero-order valence-corrected chi connectivity index (χ0v) is 18.9. The van der Waals surface area contributed by atoms with Crippen molar-refractivity contribution in [2.45, 2.75) is 26.2 Å². The van der Waals surface area contributed by atoms with Gasteiger partial charge in [-0.1, -0.05) is 0 Å². The molecular weight excluding hydrogens is 400 g/mol. The fraction of sp³-hybridized carbons (Fsp3) is 0.478. The van der Waals surface area contributed by atoms with Gasteiger partial charge >= 0.3 is 0 Å². The number of hydrogen-bond acceptors (Lipinski definition) is 8. The van der Waals surface area contributed by atoms with E-state index in [1.165, 1.54) is 0 Å². The third-order valence-electron chi connectivity index (χ3n) is 5.08. The Balaban J connectivity index is 2.76. The van der Waals surface area contributed by atoms with Crippen LogP contribution in [0.5, 0.6) is 28.7 Å². The first kappa shape index (κ1) is 24.3. The van der Waals surface area contributed by atoms with Crippen molar-refractivity contribution in [2.75, 3.05) is 48.2 Å². The lowest BCUT2D eigenvalue weighted by Gasteiger charge is -2.22. The van der Waals surface area contributed by atoms with Crippen molar-refractivity contribution in [1.29, 1.82) is 5.53 Å². The topological polar surface area (TPSA) is 103 Å². The maximum Gasteiger partial charge on any atom is 0.203 e. The fourth-order valence-electron chi connectivity index (χ4n) is 3.64. The molecule has 0 spiro atoms. The molecule has 0 unspecified atom stereocenters. The van der Waals surface area contributed by atoms with Gasteiger partial charge in [0.2, 0.25) is 5.75 Å². The summed E-state index contributed by atoms with van der Waals surface area (Å²) in [5.41, 5.74) is 10.6. The Labute approximate surface area is 183 Å². The number of hydrogen-bond donors (Lipinski definition) is 2. The quantitative estimate of drug-likeness (QED) is 0.359. The summed E-state index contributed by atoms with van der Waals surface area (Å²) in [7, 11) is 6.35. The average Bonchev–Trinajstić information content (AvgIpc) is 2.80. The predicted octanol–water partition coefficient (Wildman–Crippen LogP) is 4.42. The molecule has 0 saturated heterocycles. The van der Waals surface area contributed by atoms with Crippen LogP contribution in [0.25, 0.3) is 11.1 Å². The number of nitrogens with zero attached hydrogens (tertiary/aromatic N) is 1. The zero-order valence-electron chi connectivity index (χ0n) is 18.9. The molecule has 0 fully saturated rings. The second-order valence-electron chi connectivity index (χ2n) is 6.85. The number of ether oxygens (including phenoxy) is 5. The number of aliphatic hydroxyl groups excluding tert-OH is 1. The summed E-state index contributed by atoms with van der Waals surface area (Å²) in [5, 5.41) is 12.8. The van der Waals surface area contributed by atoms with Crippen molar-refractivity contribution >= 4 is 0 Å². The summed E-state index contributed by atoms with van der Waals surface area (Å²) in [6, 6.07) is 5.72. The molecule has 0 aromatic heterocycles. The summed E-state index contributed by atoms with van der Waals surface area (Å²) in [5.74, 6) is 2.97. The Bertz CT molecular complexity index is 885. The van der Waals surface area contributed by atoms with E-state index < -0.39 is 0 Å². The van der Waals surface area contributed by atoms with E-state index in [1.54, 1.807) is 28.4 Å². The highest BCUT2D eigenvalue weighted by Gasteiger charge is 2.24. The Morgan fingerprint density at radius 3 is 2.16 bits per heavy atom. The van der Waals surface area contributed by atoms with E-state index >= 15 is 0 Å². The predicted molar refractivity (Wildman–Crippen MR) is 118 cm³/mol. The lowest BCUT2D eigenvalue weighted by molar-refractivity contribution is 0.199. The maximum absolute atomic E-state index is 9.34. The van der Waals surface area contributed by atoms with Crippen molar-refractivity contribution < 1.29 is 28.8 Å². The summed E-state index contributed by atoms with van der Waals surface area (Å²) in [6.45, 7) is 2.50. The van der Waals surface area contributed by atoms with Crippen LogP contribution in [-0.2, 0) is 6.42 Å². The Morgan fingerprint density at radius 1 is 0.871 bits per heavy atom. The van der Waals surface area contributed by atoms with Crippen molar-refractivity contribution in [2.24, 2.45) is 5.11 Å². The highest BCUT2D eigenvalue weighted by Crippen LogP contribution is 2.48. The van der Waals surface area contributed by atoms with Crippen LogP contribution in [0.2, 0.25) is 0 Å². The summed E-state index contributed by atoms with van der Waals surface area (Å²) < 4.78 is 28.3. The minimum absolute atomic E-state index is 0.0944. The van der Waals surface area contributed by atoms with E-state index in [2.05, 4.69) is 5.11 Å². The van der Waals surface area contributed by atoms with Gasteiger partial charge in [0.1, 0.15) is 18.1 Å². The van der Waals surface area contributed by atoms with E-state index in [-0.39, 0.29) is 13.2 Å². The van der Waals surface area contributed by atoms with Gasteiger partial charge < -0.3 is 28.8 Å². The van der Waals surface area contributed by atoms with Crippen LogP contribution >= 0.6 is 0 Å². The number of rotatable bonds is 13. The van der Waals surface area contributed by atoms with E-state index in [0.29, 0.717) is 41.7 Å². The molecule has 2 N–H and O–H groups in total. The molecule has 0 saturated carbocycles. The molecule has 0 amide bonds. The Hall–Kier alpha value is -3.00. The molecule has 0 aliphatic heterocycles. The molecule has 0 bridgehead atoms. The van der Waals surface area contributed by atoms with Gasteiger partial charge in [0.25, 0.3) is 0 Å². The second-order valence-corrected chi connectivity index (χ2v) is 6.85. The van der Waals surface area contributed by atoms with E-state index in [9.17, 15) is 5.11 Å². The first-order chi connectivity index (χ1) is 15.1. The van der Waals surface area contributed by atoms with E-state index in [4.69, 9.17) is 29.2 Å². The molecule has 8 heteroatoms. The lowest BCUT2D eigenvalue weighted by Crippen LogP contribution is -2.08. The third-order valence-corrected chi connectivity index (χ3v) is 5.08. The highest BCUT2D eigenvalue weighted by atomic mass is 16.5. The number of nitrogens with one attached hydrogen (secondary N) is 1. The Kier molecular flexibility index (Phi) is 9.40. The molecule has 0 aliphatic rings. The molecule has 0 radical (unpaired) electrons. The SMILES string of the molecule is COc1cc(-c2ccc(OC)c(OC)c2OC)c(CCCCN=N)c(OCCO)c1C. The van der Waals surface area contributed by atoms with Gasteiger partial charge in [0.15, 0.2) is 11.5 Å².